The van der Waals surface area contributed by atoms with Crippen LogP contribution >= 0.6 is 11.6 Å². The van der Waals surface area contributed by atoms with Crippen LogP contribution in [0.3, 0.4) is 0 Å². The van der Waals surface area contributed by atoms with E-state index in [1.54, 1.807) is 0 Å². The number of hydrogen-bond donors (Lipinski definition) is 1. The Bertz CT molecular complexity index is 590. The predicted molar refractivity (Wildman–Crippen MR) is 78.6 cm³/mol. The van der Waals surface area contributed by atoms with Crippen LogP contribution in [0.1, 0.15) is 38.5 Å². The molecule has 1 aliphatic rings. The molecule has 1 unspecified atom stereocenters. The SMILES string of the molecule is CCCC1(c2nc(-c3ccccc3Cl)no2)CCCN1. The van der Waals surface area contributed by atoms with Gasteiger partial charge in [-0.3, -0.25) is 0 Å². The number of nitrogens with zero attached hydrogens (tertiary/aromatic N) is 2. The fourth-order valence-electron chi connectivity index (χ4n) is 2.91. The largest absolute Gasteiger partial charge is 0.337 e. The number of hydrogen-bond acceptors (Lipinski definition) is 4. The van der Waals surface area contributed by atoms with Gasteiger partial charge in [0.2, 0.25) is 11.7 Å². The van der Waals surface area contributed by atoms with E-state index in [1.807, 2.05) is 24.3 Å². The molecule has 0 bridgehead atoms. The van der Waals surface area contributed by atoms with Crippen LogP contribution < -0.4 is 5.32 Å². The van der Waals surface area contributed by atoms with Gasteiger partial charge in [-0.25, -0.2) is 0 Å². The van der Waals surface area contributed by atoms with Crippen molar-refractivity contribution in [2.24, 2.45) is 0 Å². The second-order valence-corrected chi connectivity index (χ2v) is 5.67. The molecule has 1 aromatic heterocycles. The van der Waals surface area contributed by atoms with Crippen LogP contribution in [0.2, 0.25) is 5.02 Å². The normalized spacial score (nSPS) is 22.3. The number of aromatic nitrogens is 2. The average molecular weight is 292 g/mol. The molecule has 0 spiro atoms. The Labute approximate surface area is 123 Å². The molecule has 0 aliphatic carbocycles. The molecule has 5 heteroatoms. The van der Waals surface area contributed by atoms with E-state index >= 15 is 0 Å². The van der Waals surface area contributed by atoms with Crippen molar-refractivity contribution in [1.29, 1.82) is 0 Å². The zero-order valence-corrected chi connectivity index (χ0v) is 12.3. The maximum Gasteiger partial charge on any atom is 0.247 e. The third-order valence-corrected chi connectivity index (χ3v) is 4.20. The molecule has 0 radical (unpaired) electrons. The highest BCUT2D eigenvalue weighted by molar-refractivity contribution is 6.33. The van der Waals surface area contributed by atoms with Gasteiger partial charge < -0.3 is 9.84 Å². The minimum absolute atomic E-state index is 0.152. The summed E-state index contributed by atoms with van der Waals surface area (Å²) in [5.74, 6) is 1.25. The Morgan fingerprint density at radius 1 is 1.40 bits per heavy atom. The van der Waals surface area contributed by atoms with Crippen molar-refractivity contribution in [1.82, 2.24) is 15.5 Å². The Balaban J connectivity index is 1.95. The van der Waals surface area contributed by atoms with E-state index in [4.69, 9.17) is 16.1 Å². The summed E-state index contributed by atoms with van der Waals surface area (Å²) in [6.45, 7) is 3.18. The highest BCUT2D eigenvalue weighted by atomic mass is 35.5. The Morgan fingerprint density at radius 2 is 2.25 bits per heavy atom. The van der Waals surface area contributed by atoms with Crippen molar-refractivity contribution in [2.75, 3.05) is 6.54 Å². The van der Waals surface area contributed by atoms with E-state index in [0.717, 1.165) is 37.8 Å². The predicted octanol–water partition coefficient (Wildman–Crippen LogP) is 3.77. The fraction of sp³-hybridized carbons (Fsp3) is 0.467. The molecule has 1 saturated heterocycles. The lowest BCUT2D eigenvalue weighted by Gasteiger charge is -2.24. The molecule has 2 aromatic rings. The molecule has 1 aromatic carbocycles. The first kappa shape index (κ1) is 13.6. The molecule has 0 saturated carbocycles. The molecule has 1 N–H and O–H groups in total. The van der Waals surface area contributed by atoms with Crippen LogP contribution in [-0.2, 0) is 5.54 Å². The third-order valence-electron chi connectivity index (χ3n) is 3.87. The van der Waals surface area contributed by atoms with Crippen LogP contribution in [0.5, 0.6) is 0 Å². The molecule has 1 atom stereocenters. The summed E-state index contributed by atoms with van der Waals surface area (Å²) >= 11 is 6.19. The smallest absolute Gasteiger partial charge is 0.247 e. The second kappa shape index (κ2) is 5.54. The molecule has 0 amide bonds. The lowest BCUT2D eigenvalue weighted by Crippen LogP contribution is -2.36. The first-order chi connectivity index (χ1) is 9.75. The van der Waals surface area contributed by atoms with Crippen LogP contribution in [0.4, 0.5) is 0 Å². The van der Waals surface area contributed by atoms with Gasteiger partial charge in [-0.05, 0) is 37.9 Å². The highest BCUT2D eigenvalue weighted by Crippen LogP contribution is 2.35. The molecule has 3 rings (SSSR count). The fourth-order valence-corrected chi connectivity index (χ4v) is 3.13. The lowest BCUT2D eigenvalue weighted by molar-refractivity contribution is 0.241. The summed E-state index contributed by atoms with van der Waals surface area (Å²) in [5.41, 5.74) is 0.662. The van der Waals surface area contributed by atoms with E-state index in [9.17, 15) is 0 Å². The number of benzene rings is 1. The number of rotatable bonds is 4. The molecule has 2 heterocycles. The third kappa shape index (κ3) is 2.34. The van der Waals surface area contributed by atoms with Crippen LogP contribution in [0, 0.1) is 0 Å². The second-order valence-electron chi connectivity index (χ2n) is 5.27. The standard InChI is InChI=1S/C15H18ClN3O/c1-2-8-15(9-5-10-17-15)14-18-13(19-20-14)11-6-3-4-7-12(11)16/h3-4,6-7,17H,2,5,8-10H2,1H3. The van der Waals surface area contributed by atoms with Crippen molar-refractivity contribution < 1.29 is 4.52 Å². The summed E-state index contributed by atoms with van der Waals surface area (Å²) in [4.78, 5) is 4.59. The monoisotopic (exact) mass is 291 g/mol. The quantitative estimate of drug-likeness (QED) is 0.931. The van der Waals surface area contributed by atoms with Crippen molar-refractivity contribution >= 4 is 11.6 Å². The first-order valence-electron chi connectivity index (χ1n) is 7.09. The van der Waals surface area contributed by atoms with Gasteiger partial charge in [0.15, 0.2) is 0 Å². The summed E-state index contributed by atoms with van der Waals surface area (Å²) in [5, 5.41) is 8.29. The zero-order valence-electron chi connectivity index (χ0n) is 11.5. The topological polar surface area (TPSA) is 51.0 Å². The van der Waals surface area contributed by atoms with Gasteiger partial charge in [0.05, 0.1) is 10.6 Å². The van der Waals surface area contributed by atoms with Crippen molar-refractivity contribution in [3.8, 4) is 11.4 Å². The van der Waals surface area contributed by atoms with Crippen LogP contribution in [-0.4, -0.2) is 16.7 Å². The minimum Gasteiger partial charge on any atom is -0.337 e. The van der Waals surface area contributed by atoms with Gasteiger partial charge in [0.1, 0.15) is 0 Å². The molecule has 106 valence electrons. The zero-order chi connectivity index (χ0) is 14.0. The van der Waals surface area contributed by atoms with Gasteiger partial charge >= 0.3 is 0 Å². The number of nitrogens with one attached hydrogen (secondary N) is 1. The van der Waals surface area contributed by atoms with Crippen molar-refractivity contribution in [2.45, 2.75) is 38.1 Å². The Kier molecular flexibility index (Phi) is 3.76. The summed E-state index contributed by atoms with van der Waals surface area (Å²) in [6, 6.07) is 7.56. The highest BCUT2D eigenvalue weighted by Gasteiger charge is 2.39. The van der Waals surface area contributed by atoms with Gasteiger partial charge in [0, 0.05) is 5.56 Å². The van der Waals surface area contributed by atoms with E-state index in [2.05, 4.69) is 22.4 Å². The molecular weight excluding hydrogens is 274 g/mol. The van der Waals surface area contributed by atoms with Gasteiger partial charge in [-0.1, -0.05) is 42.2 Å². The van der Waals surface area contributed by atoms with Crippen molar-refractivity contribution in [3.05, 3.63) is 35.2 Å². The van der Waals surface area contributed by atoms with Gasteiger partial charge in [0.25, 0.3) is 0 Å². The van der Waals surface area contributed by atoms with Crippen molar-refractivity contribution in [3.63, 3.8) is 0 Å². The average Bonchev–Trinajstić information content (AvgIpc) is 3.09. The van der Waals surface area contributed by atoms with Gasteiger partial charge in [-0.2, -0.15) is 4.98 Å². The molecule has 20 heavy (non-hydrogen) atoms. The Morgan fingerprint density at radius 3 is 2.95 bits per heavy atom. The van der Waals surface area contributed by atoms with E-state index in [1.165, 1.54) is 0 Å². The molecule has 4 nitrogen and oxygen atoms in total. The summed E-state index contributed by atoms with van der Waals surface area (Å²) in [6.07, 6.45) is 4.28. The maximum absolute atomic E-state index is 6.19. The van der Waals surface area contributed by atoms with E-state index < -0.39 is 0 Å². The molecular formula is C15H18ClN3O. The summed E-state index contributed by atoms with van der Waals surface area (Å²) in [7, 11) is 0. The molecule has 1 fully saturated rings. The van der Waals surface area contributed by atoms with Crippen LogP contribution in [0.25, 0.3) is 11.4 Å². The van der Waals surface area contributed by atoms with E-state index in [-0.39, 0.29) is 5.54 Å². The maximum atomic E-state index is 6.19. The van der Waals surface area contributed by atoms with E-state index in [0.29, 0.717) is 16.7 Å². The van der Waals surface area contributed by atoms with Crippen LogP contribution in [0.15, 0.2) is 28.8 Å². The lowest BCUT2D eigenvalue weighted by atomic mass is 9.92. The molecule has 1 aliphatic heterocycles. The van der Waals surface area contributed by atoms with Gasteiger partial charge in [-0.15, -0.1) is 0 Å². The minimum atomic E-state index is -0.152. The summed E-state index contributed by atoms with van der Waals surface area (Å²) < 4.78 is 5.53. The Hall–Kier alpha value is -1.39. The first-order valence-corrected chi connectivity index (χ1v) is 7.47. The number of halogens is 1.